The Kier molecular flexibility index (Phi) is 4.26. The van der Waals surface area contributed by atoms with Gasteiger partial charge in [-0.3, -0.25) is 0 Å². The summed E-state index contributed by atoms with van der Waals surface area (Å²) in [5.74, 6) is 1.67. The van der Waals surface area contributed by atoms with E-state index in [1.54, 1.807) is 6.20 Å². The standard InChI is InChI=1S/C14H17ClN2O/c1-3-9-18-13-6-5-11(10-12(13)15)14-16-7-8-17(14)4-2/h5-8,10H,3-4,9H2,1-2H3. The molecule has 0 saturated carbocycles. The molecule has 1 aromatic heterocycles. The van der Waals surface area contributed by atoms with Crippen molar-refractivity contribution in [1.82, 2.24) is 9.55 Å². The molecular weight excluding hydrogens is 248 g/mol. The molecule has 3 nitrogen and oxygen atoms in total. The van der Waals surface area contributed by atoms with E-state index in [0.717, 1.165) is 30.1 Å². The van der Waals surface area contributed by atoms with Crippen molar-refractivity contribution in [3.63, 3.8) is 0 Å². The Morgan fingerprint density at radius 2 is 2.17 bits per heavy atom. The average Bonchev–Trinajstić information content (AvgIpc) is 2.85. The van der Waals surface area contributed by atoms with Crippen LogP contribution in [0.15, 0.2) is 30.6 Å². The maximum Gasteiger partial charge on any atom is 0.139 e. The number of aryl methyl sites for hydroxylation is 1. The van der Waals surface area contributed by atoms with E-state index in [9.17, 15) is 0 Å². The molecule has 0 N–H and O–H groups in total. The second-order valence-electron chi connectivity index (χ2n) is 4.03. The number of halogens is 1. The predicted octanol–water partition coefficient (Wildman–Crippen LogP) is 4.01. The molecule has 0 fully saturated rings. The summed E-state index contributed by atoms with van der Waals surface area (Å²) in [6, 6.07) is 5.80. The summed E-state index contributed by atoms with van der Waals surface area (Å²) < 4.78 is 7.64. The van der Waals surface area contributed by atoms with Gasteiger partial charge in [0.2, 0.25) is 0 Å². The van der Waals surface area contributed by atoms with Crippen LogP contribution in [-0.4, -0.2) is 16.2 Å². The lowest BCUT2D eigenvalue weighted by molar-refractivity contribution is 0.317. The minimum Gasteiger partial charge on any atom is -0.492 e. The van der Waals surface area contributed by atoms with E-state index in [2.05, 4.69) is 23.4 Å². The maximum absolute atomic E-state index is 6.22. The zero-order valence-electron chi connectivity index (χ0n) is 10.7. The van der Waals surface area contributed by atoms with E-state index in [4.69, 9.17) is 16.3 Å². The minimum absolute atomic E-state index is 0.631. The number of ether oxygens (including phenoxy) is 1. The van der Waals surface area contributed by atoms with Crippen molar-refractivity contribution in [3.05, 3.63) is 35.6 Å². The maximum atomic E-state index is 6.22. The van der Waals surface area contributed by atoms with E-state index in [-0.39, 0.29) is 0 Å². The fourth-order valence-corrected chi connectivity index (χ4v) is 2.03. The smallest absolute Gasteiger partial charge is 0.139 e. The largest absolute Gasteiger partial charge is 0.492 e. The van der Waals surface area contributed by atoms with Gasteiger partial charge in [-0.05, 0) is 31.5 Å². The molecule has 4 heteroatoms. The molecule has 1 heterocycles. The Labute approximate surface area is 112 Å². The van der Waals surface area contributed by atoms with Crippen LogP contribution in [-0.2, 0) is 6.54 Å². The molecule has 2 aromatic rings. The van der Waals surface area contributed by atoms with Crippen LogP contribution in [0.3, 0.4) is 0 Å². The quantitative estimate of drug-likeness (QED) is 0.816. The Bertz CT molecular complexity index is 522. The zero-order chi connectivity index (χ0) is 13.0. The topological polar surface area (TPSA) is 27.1 Å². The molecule has 0 spiro atoms. The number of nitrogens with zero attached hydrogens (tertiary/aromatic N) is 2. The minimum atomic E-state index is 0.631. The number of benzene rings is 1. The third-order valence-corrected chi connectivity index (χ3v) is 3.00. The molecule has 1 aromatic carbocycles. The van der Waals surface area contributed by atoms with Gasteiger partial charge in [0.15, 0.2) is 0 Å². The Morgan fingerprint density at radius 1 is 1.33 bits per heavy atom. The molecule has 0 saturated heterocycles. The molecule has 0 aliphatic heterocycles. The highest BCUT2D eigenvalue weighted by molar-refractivity contribution is 6.32. The van der Waals surface area contributed by atoms with E-state index in [1.807, 2.05) is 24.4 Å². The molecule has 18 heavy (non-hydrogen) atoms. The van der Waals surface area contributed by atoms with Gasteiger partial charge in [0.1, 0.15) is 11.6 Å². The first-order valence-corrected chi connectivity index (χ1v) is 6.58. The van der Waals surface area contributed by atoms with E-state index >= 15 is 0 Å². The molecule has 2 rings (SSSR count). The normalized spacial score (nSPS) is 10.6. The average molecular weight is 265 g/mol. The third kappa shape index (κ3) is 2.67. The second-order valence-corrected chi connectivity index (χ2v) is 4.44. The van der Waals surface area contributed by atoms with Crippen molar-refractivity contribution in [2.45, 2.75) is 26.8 Å². The number of hydrogen-bond donors (Lipinski definition) is 0. The number of imidazole rings is 1. The lowest BCUT2D eigenvalue weighted by Gasteiger charge is -2.09. The monoisotopic (exact) mass is 264 g/mol. The summed E-state index contributed by atoms with van der Waals surface area (Å²) in [7, 11) is 0. The lowest BCUT2D eigenvalue weighted by atomic mass is 10.2. The molecule has 0 aliphatic carbocycles. The van der Waals surface area contributed by atoms with Crippen molar-refractivity contribution in [2.24, 2.45) is 0 Å². The number of hydrogen-bond acceptors (Lipinski definition) is 2. The highest BCUT2D eigenvalue weighted by Gasteiger charge is 2.08. The van der Waals surface area contributed by atoms with Crippen LogP contribution >= 0.6 is 11.6 Å². The predicted molar refractivity (Wildman–Crippen MR) is 74.1 cm³/mol. The Morgan fingerprint density at radius 3 is 2.83 bits per heavy atom. The van der Waals surface area contributed by atoms with Crippen molar-refractivity contribution in [1.29, 1.82) is 0 Å². The molecule has 0 aliphatic rings. The van der Waals surface area contributed by atoms with Crippen LogP contribution in [0.2, 0.25) is 5.02 Å². The number of aromatic nitrogens is 2. The number of rotatable bonds is 5. The van der Waals surface area contributed by atoms with Crippen LogP contribution in [0.4, 0.5) is 0 Å². The summed E-state index contributed by atoms with van der Waals surface area (Å²) >= 11 is 6.22. The van der Waals surface area contributed by atoms with Gasteiger partial charge in [0, 0.05) is 24.5 Å². The summed E-state index contributed by atoms with van der Waals surface area (Å²) in [5, 5.41) is 0.631. The van der Waals surface area contributed by atoms with Crippen molar-refractivity contribution in [2.75, 3.05) is 6.61 Å². The lowest BCUT2D eigenvalue weighted by Crippen LogP contribution is -1.98. The zero-order valence-corrected chi connectivity index (χ0v) is 11.4. The molecule has 0 amide bonds. The third-order valence-electron chi connectivity index (χ3n) is 2.71. The summed E-state index contributed by atoms with van der Waals surface area (Å²) in [5.41, 5.74) is 1.01. The van der Waals surface area contributed by atoms with Crippen LogP contribution in [0, 0.1) is 0 Å². The first-order valence-electron chi connectivity index (χ1n) is 6.20. The molecular formula is C14H17ClN2O. The van der Waals surface area contributed by atoms with Gasteiger partial charge in [-0.25, -0.2) is 4.98 Å². The van der Waals surface area contributed by atoms with Gasteiger partial charge in [-0.2, -0.15) is 0 Å². The first kappa shape index (κ1) is 13.0. The first-order chi connectivity index (χ1) is 8.76. The van der Waals surface area contributed by atoms with Gasteiger partial charge < -0.3 is 9.30 Å². The summed E-state index contributed by atoms with van der Waals surface area (Å²) in [6.07, 6.45) is 4.73. The fourth-order valence-electron chi connectivity index (χ4n) is 1.79. The Hall–Kier alpha value is -1.48. The van der Waals surface area contributed by atoms with Gasteiger partial charge in [0.05, 0.1) is 11.6 Å². The van der Waals surface area contributed by atoms with E-state index < -0.39 is 0 Å². The molecule has 96 valence electrons. The molecule has 0 unspecified atom stereocenters. The van der Waals surface area contributed by atoms with Gasteiger partial charge in [0.25, 0.3) is 0 Å². The van der Waals surface area contributed by atoms with Crippen molar-refractivity contribution >= 4 is 11.6 Å². The highest BCUT2D eigenvalue weighted by Crippen LogP contribution is 2.29. The van der Waals surface area contributed by atoms with Crippen molar-refractivity contribution < 1.29 is 4.74 Å². The molecule has 0 atom stereocenters. The van der Waals surface area contributed by atoms with Gasteiger partial charge in [-0.1, -0.05) is 18.5 Å². The fraction of sp³-hybridized carbons (Fsp3) is 0.357. The highest BCUT2D eigenvalue weighted by atomic mass is 35.5. The summed E-state index contributed by atoms with van der Waals surface area (Å²) in [6.45, 7) is 5.73. The van der Waals surface area contributed by atoms with Crippen LogP contribution in [0.25, 0.3) is 11.4 Å². The van der Waals surface area contributed by atoms with Gasteiger partial charge in [-0.15, -0.1) is 0 Å². The molecule has 0 radical (unpaired) electrons. The molecule has 0 bridgehead atoms. The Balaban J connectivity index is 2.28. The van der Waals surface area contributed by atoms with Crippen LogP contribution < -0.4 is 4.74 Å². The second kappa shape index (κ2) is 5.91. The van der Waals surface area contributed by atoms with Gasteiger partial charge >= 0.3 is 0 Å². The van der Waals surface area contributed by atoms with Crippen LogP contribution in [0.5, 0.6) is 5.75 Å². The van der Waals surface area contributed by atoms with Crippen molar-refractivity contribution in [3.8, 4) is 17.1 Å². The van der Waals surface area contributed by atoms with Crippen LogP contribution in [0.1, 0.15) is 20.3 Å². The van der Waals surface area contributed by atoms with E-state index in [0.29, 0.717) is 11.6 Å². The van der Waals surface area contributed by atoms with E-state index in [1.165, 1.54) is 0 Å². The SMILES string of the molecule is CCCOc1ccc(-c2nccn2CC)cc1Cl. The summed E-state index contributed by atoms with van der Waals surface area (Å²) in [4.78, 5) is 4.35.